The third kappa shape index (κ3) is 6.49. The van der Waals surface area contributed by atoms with Crippen LogP contribution < -0.4 is 0 Å². The van der Waals surface area contributed by atoms with Crippen LogP contribution in [0.4, 0.5) is 0 Å². The lowest BCUT2D eigenvalue weighted by Gasteiger charge is -2.15. The van der Waals surface area contributed by atoms with E-state index in [9.17, 15) is 0 Å². The highest BCUT2D eigenvalue weighted by Gasteiger charge is 2.32. The Kier molecular flexibility index (Phi) is 7.87. The predicted octanol–water partition coefficient (Wildman–Crippen LogP) is 3.93. The third-order valence-electron chi connectivity index (χ3n) is 3.20. The van der Waals surface area contributed by atoms with Gasteiger partial charge in [0.2, 0.25) is 0 Å². The highest BCUT2D eigenvalue weighted by molar-refractivity contribution is 4.80. The van der Waals surface area contributed by atoms with Gasteiger partial charge >= 0.3 is 0 Å². The quantitative estimate of drug-likeness (QED) is 0.395. The van der Waals surface area contributed by atoms with Crippen LogP contribution in [0.25, 0.3) is 0 Å². The fourth-order valence-electron chi connectivity index (χ4n) is 2.01. The van der Waals surface area contributed by atoms with Gasteiger partial charge in [0.05, 0.1) is 12.7 Å². The lowest BCUT2D eigenvalue weighted by molar-refractivity contribution is 0.0242. The maximum absolute atomic E-state index is 5.92. The Morgan fingerprint density at radius 2 is 1.75 bits per heavy atom. The molecule has 0 radical (unpaired) electrons. The Morgan fingerprint density at radius 1 is 1.06 bits per heavy atom. The average molecular weight is 228 g/mol. The van der Waals surface area contributed by atoms with Crippen molar-refractivity contribution in [2.45, 2.75) is 77.4 Å². The molecule has 2 nitrogen and oxygen atoms in total. The van der Waals surface area contributed by atoms with Gasteiger partial charge in [-0.1, -0.05) is 52.4 Å². The van der Waals surface area contributed by atoms with Gasteiger partial charge in [0.15, 0.2) is 0 Å². The summed E-state index contributed by atoms with van der Waals surface area (Å²) in [6.07, 6.45) is 11.1. The summed E-state index contributed by atoms with van der Waals surface area (Å²) in [5, 5.41) is 0. The molecule has 2 unspecified atom stereocenters. The fourth-order valence-corrected chi connectivity index (χ4v) is 2.01. The van der Waals surface area contributed by atoms with Gasteiger partial charge in [-0.15, -0.1) is 0 Å². The summed E-state index contributed by atoms with van der Waals surface area (Å²) in [6, 6.07) is 0. The van der Waals surface area contributed by atoms with E-state index >= 15 is 0 Å². The van der Waals surface area contributed by atoms with Crippen molar-refractivity contribution in [2.24, 2.45) is 0 Å². The number of epoxide rings is 1. The normalized spacial score (nSPS) is 21.0. The minimum absolute atomic E-state index is 0.383. The van der Waals surface area contributed by atoms with Gasteiger partial charge in [-0.05, 0) is 12.8 Å². The smallest absolute Gasteiger partial charge is 0.107 e. The summed E-state index contributed by atoms with van der Waals surface area (Å²) in [4.78, 5) is 0. The first-order chi connectivity index (χ1) is 7.88. The molecule has 1 rings (SSSR count). The van der Waals surface area contributed by atoms with E-state index in [1.54, 1.807) is 0 Å². The summed E-state index contributed by atoms with van der Waals surface area (Å²) >= 11 is 0. The second-order valence-corrected chi connectivity index (χ2v) is 4.84. The Bertz CT molecular complexity index is 143. The van der Waals surface area contributed by atoms with E-state index in [0.29, 0.717) is 12.2 Å². The van der Waals surface area contributed by atoms with Gasteiger partial charge in [-0.25, -0.2) is 0 Å². The molecule has 1 heterocycles. The van der Waals surface area contributed by atoms with Gasteiger partial charge in [0.1, 0.15) is 6.10 Å². The van der Waals surface area contributed by atoms with Crippen LogP contribution >= 0.6 is 0 Å². The molecule has 2 heteroatoms. The highest BCUT2D eigenvalue weighted by atomic mass is 16.6. The molecule has 0 bridgehead atoms. The summed E-state index contributed by atoms with van der Waals surface area (Å²) in [5.74, 6) is 0. The SMILES string of the molecule is CCCCCCC(OCCCCC)C1CO1. The number of hydrogen-bond donors (Lipinski definition) is 0. The van der Waals surface area contributed by atoms with Gasteiger partial charge in [0.25, 0.3) is 0 Å². The minimum atomic E-state index is 0.383. The minimum Gasteiger partial charge on any atom is -0.375 e. The lowest BCUT2D eigenvalue weighted by Crippen LogP contribution is -2.20. The van der Waals surface area contributed by atoms with Crippen LogP contribution in [-0.4, -0.2) is 25.4 Å². The van der Waals surface area contributed by atoms with Crippen LogP contribution in [-0.2, 0) is 9.47 Å². The maximum Gasteiger partial charge on any atom is 0.107 e. The maximum atomic E-state index is 5.92. The predicted molar refractivity (Wildman–Crippen MR) is 67.8 cm³/mol. The lowest BCUT2D eigenvalue weighted by atomic mass is 10.1. The number of rotatable bonds is 11. The third-order valence-corrected chi connectivity index (χ3v) is 3.20. The second-order valence-electron chi connectivity index (χ2n) is 4.84. The molecule has 0 spiro atoms. The van der Waals surface area contributed by atoms with E-state index in [-0.39, 0.29) is 0 Å². The Balaban J connectivity index is 2.01. The van der Waals surface area contributed by atoms with Crippen molar-refractivity contribution in [1.29, 1.82) is 0 Å². The molecule has 1 fully saturated rings. The van der Waals surface area contributed by atoms with Crippen LogP contribution in [0.5, 0.6) is 0 Å². The monoisotopic (exact) mass is 228 g/mol. The molecule has 0 saturated carbocycles. The molecule has 16 heavy (non-hydrogen) atoms. The molecular formula is C14H28O2. The van der Waals surface area contributed by atoms with E-state index in [2.05, 4.69) is 13.8 Å². The van der Waals surface area contributed by atoms with Crippen molar-refractivity contribution in [2.75, 3.05) is 13.2 Å². The molecule has 0 aromatic rings. The summed E-state index contributed by atoms with van der Waals surface area (Å²) < 4.78 is 11.3. The van der Waals surface area contributed by atoms with E-state index < -0.39 is 0 Å². The van der Waals surface area contributed by atoms with Crippen molar-refractivity contribution < 1.29 is 9.47 Å². The van der Waals surface area contributed by atoms with Crippen LogP contribution in [0.15, 0.2) is 0 Å². The van der Waals surface area contributed by atoms with Gasteiger partial charge < -0.3 is 9.47 Å². The molecule has 0 aliphatic carbocycles. The highest BCUT2D eigenvalue weighted by Crippen LogP contribution is 2.22. The van der Waals surface area contributed by atoms with E-state index in [4.69, 9.17) is 9.47 Å². The topological polar surface area (TPSA) is 21.8 Å². The molecule has 1 saturated heterocycles. The molecule has 0 aromatic heterocycles. The van der Waals surface area contributed by atoms with Crippen molar-refractivity contribution in [3.05, 3.63) is 0 Å². The largest absolute Gasteiger partial charge is 0.375 e. The van der Waals surface area contributed by atoms with E-state index in [1.165, 1.54) is 51.4 Å². The Labute approximate surface area is 101 Å². The molecule has 0 aromatic carbocycles. The fraction of sp³-hybridized carbons (Fsp3) is 1.00. The summed E-state index contributed by atoms with van der Waals surface area (Å²) in [6.45, 7) is 6.33. The number of unbranched alkanes of at least 4 members (excludes halogenated alkanes) is 5. The first-order valence-electron chi connectivity index (χ1n) is 7.11. The van der Waals surface area contributed by atoms with Crippen molar-refractivity contribution in [1.82, 2.24) is 0 Å². The van der Waals surface area contributed by atoms with E-state index in [1.807, 2.05) is 0 Å². The molecule has 0 N–H and O–H groups in total. The van der Waals surface area contributed by atoms with Crippen LogP contribution in [0.3, 0.4) is 0 Å². The van der Waals surface area contributed by atoms with Crippen molar-refractivity contribution in [3.8, 4) is 0 Å². The Hall–Kier alpha value is -0.0800. The average Bonchev–Trinajstić information content (AvgIpc) is 3.11. The van der Waals surface area contributed by atoms with Crippen molar-refractivity contribution >= 4 is 0 Å². The first-order valence-corrected chi connectivity index (χ1v) is 7.11. The van der Waals surface area contributed by atoms with Crippen LogP contribution in [0.2, 0.25) is 0 Å². The first kappa shape index (κ1) is 14.0. The molecule has 96 valence electrons. The van der Waals surface area contributed by atoms with Gasteiger partial charge in [-0.3, -0.25) is 0 Å². The van der Waals surface area contributed by atoms with Crippen LogP contribution in [0.1, 0.15) is 65.2 Å². The summed E-state index contributed by atoms with van der Waals surface area (Å²) in [5.41, 5.74) is 0. The zero-order valence-corrected chi connectivity index (χ0v) is 11.0. The zero-order chi connectivity index (χ0) is 11.6. The molecule has 2 atom stereocenters. The van der Waals surface area contributed by atoms with Crippen LogP contribution in [0, 0.1) is 0 Å². The van der Waals surface area contributed by atoms with Gasteiger partial charge in [-0.2, -0.15) is 0 Å². The molecule has 0 amide bonds. The number of hydrogen-bond acceptors (Lipinski definition) is 2. The molecular weight excluding hydrogens is 200 g/mol. The molecule has 1 aliphatic heterocycles. The van der Waals surface area contributed by atoms with Crippen molar-refractivity contribution in [3.63, 3.8) is 0 Å². The molecule has 1 aliphatic rings. The van der Waals surface area contributed by atoms with E-state index in [0.717, 1.165) is 13.2 Å². The Morgan fingerprint density at radius 3 is 2.38 bits per heavy atom. The standard InChI is InChI=1S/C14H28O2/c1-3-5-7-8-10-13(14-12-16-14)15-11-9-6-4-2/h13-14H,3-12H2,1-2H3. The van der Waals surface area contributed by atoms with Gasteiger partial charge in [0, 0.05) is 6.61 Å². The summed E-state index contributed by atoms with van der Waals surface area (Å²) in [7, 11) is 0. The second kappa shape index (κ2) is 9.00. The number of ether oxygens (including phenoxy) is 2. The zero-order valence-electron chi connectivity index (χ0n) is 11.0.